The van der Waals surface area contributed by atoms with Crippen LogP contribution in [0.1, 0.15) is 42.7 Å². The summed E-state index contributed by atoms with van der Waals surface area (Å²) in [7, 11) is 0. The molecular formula is C16H24N4S. The van der Waals surface area contributed by atoms with Gasteiger partial charge in [-0.1, -0.05) is 19.9 Å². The summed E-state index contributed by atoms with van der Waals surface area (Å²) >= 11 is 1.85. The van der Waals surface area contributed by atoms with Crippen molar-refractivity contribution in [3.8, 4) is 0 Å². The summed E-state index contributed by atoms with van der Waals surface area (Å²) < 4.78 is 2.35. The molecule has 1 atom stereocenters. The molecule has 0 spiro atoms. The summed E-state index contributed by atoms with van der Waals surface area (Å²) in [5.74, 6) is 3.48. The lowest BCUT2D eigenvalue weighted by Crippen LogP contribution is -2.31. The Hall–Kier alpha value is -1.20. The van der Waals surface area contributed by atoms with Crippen molar-refractivity contribution in [3.63, 3.8) is 0 Å². The third-order valence-electron chi connectivity index (χ3n) is 4.15. The molecule has 0 aliphatic carbocycles. The molecule has 0 radical (unpaired) electrons. The van der Waals surface area contributed by atoms with Crippen molar-refractivity contribution in [2.24, 2.45) is 5.92 Å². The summed E-state index contributed by atoms with van der Waals surface area (Å²) in [6.07, 6.45) is 3.43. The fourth-order valence-electron chi connectivity index (χ4n) is 2.98. The highest BCUT2D eigenvalue weighted by Gasteiger charge is 2.23. The Bertz CT molecular complexity index is 559. The molecule has 1 aliphatic heterocycles. The van der Waals surface area contributed by atoms with E-state index < -0.39 is 0 Å². The molecule has 0 saturated heterocycles. The van der Waals surface area contributed by atoms with Gasteiger partial charge in [0.15, 0.2) is 0 Å². The van der Waals surface area contributed by atoms with Crippen LogP contribution in [0.15, 0.2) is 17.5 Å². The lowest BCUT2D eigenvalue weighted by Gasteiger charge is -2.25. The molecule has 114 valence electrons. The zero-order valence-corrected chi connectivity index (χ0v) is 13.7. The van der Waals surface area contributed by atoms with Crippen LogP contribution in [0, 0.1) is 5.92 Å². The number of hydrogen-bond donors (Lipinski definition) is 1. The molecule has 1 aliphatic rings. The minimum Gasteiger partial charge on any atom is -0.316 e. The maximum atomic E-state index is 4.36. The molecule has 2 aromatic heterocycles. The Morgan fingerprint density at radius 2 is 2.33 bits per heavy atom. The van der Waals surface area contributed by atoms with Crippen molar-refractivity contribution in [1.29, 1.82) is 0 Å². The highest BCUT2D eigenvalue weighted by Crippen LogP contribution is 2.23. The first-order valence-electron chi connectivity index (χ1n) is 7.89. The Morgan fingerprint density at radius 1 is 1.43 bits per heavy atom. The highest BCUT2D eigenvalue weighted by molar-refractivity contribution is 7.09. The van der Waals surface area contributed by atoms with Gasteiger partial charge in [-0.15, -0.1) is 21.5 Å². The summed E-state index contributed by atoms with van der Waals surface area (Å²) in [5.41, 5.74) is 0. The Morgan fingerprint density at radius 3 is 3.10 bits per heavy atom. The average molecular weight is 304 g/mol. The molecule has 1 N–H and O–H groups in total. The number of aromatic nitrogens is 3. The summed E-state index contributed by atoms with van der Waals surface area (Å²) in [4.78, 5) is 1.47. The van der Waals surface area contributed by atoms with E-state index in [1.807, 2.05) is 11.3 Å². The van der Waals surface area contributed by atoms with E-state index >= 15 is 0 Å². The Balaban J connectivity index is 1.48. The monoisotopic (exact) mass is 304 g/mol. The predicted molar refractivity (Wildman–Crippen MR) is 86.8 cm³/mol. The van der Waals surface area contributed by atoms with Crippen molar-refractivity contribution in [2.75, 3.05) is 13.1 Å². The van der Waals surface area contributed by atoms with Crippen molar-refractivity contribution >= 4 is 11.3 Å². The van der Waals surface area contributed by atoms with Crippen LogP contribution in [0.5, 0.6) is 0 Å². The minimum absolute atomic E-state index is 0.455. The topological polar surface area (TPSA) is 42.7 Å². The SMILES string of the molecule is CC(C)c1nnc2n1CC(CNCCc1cccs1)CC2. The van der Waals surface area contributed by atoms with E-state index in [1.165, 1.54) is 17.1 Å². The number of rotatable bonds is 6. The molecule has 21 heavy (non-hydrogen) atoms. The van der Waals surface area contributed by atoms with Crippen LogP contribution in [0.4, 0.5) is 0 Å². The van der Waals surface area contributed by atoms with Gasteiger partial charge in [-0.25, -0.2) is 0 Å². The number of fused-ring (bicyclic) bond motifs is 1. The van der Waals surface area contributed by atoms with Crippen LogP contribution in [0.25, 0.3) is 0 Å². The van der Waals surface area contributed by atoms with E-state index in [-0.39, 0.29) is 0 Å². The zero-order valence-electron chi connectivity index (χ0n) is 12.9. The van der Waals surface area contributed by atoms with Crippen molar-refractivity contribution in [1.82, 2.24) is 20.1 Å². The summed E-state index contributed by atoms with van der Waals surface area (Å²) in [6.45, 7) is 7.63. The molecule has 0 bridgehead atoms. The smallest absolute Gasteiger partial charge is 0.135 e. The first kappa shape index (κ1) is 14.7. The van der Waals surface area contributed by atoms with Gasteiger partial charge in [-0.3, -0.25) is 0 Å². The van der Waals surface area contributed by atoms with Crippen LogP contribution in [0.2, 0.25) is 0 Å². The van der Waals surface area contributed by atoms with Gasteiger partial charge in [0.1, 0.15) is 11.6 Å². The number of aryl methyl sites for hydroxylation is 1. The molecule has 0 fully saturated rings. The first-order valence-corrected chi connectivity index (χ1v) is 8.77. The van der Waals surface area contributed by atoms with E-state index in [0.717, 1.165) is 38.3 Å². The largest absolute Gasteiger partial charge is 0.316 e. The van der Waals surface area contributed by atoms with E-state index in [2.05, 4.69) is 51.4 Å². The third-order valence-corrected chi connectivity index (χ3v) is 5.09. The van der Waals surface area contributed by atoms with Crippen molar-refractivity contribution < 1.29 is 0 Å². The number of thiophene rings is 1. The average Bonchev–Trinajstić information content (AvgIpc) is 3.12. The summed E-state index contributed by atoms with van der Waals surface area (Å²) in [6, 6.07) is 4.34. The van der Waals surface area contributed by atoms with E-state index in [4.69, 9.17) is 0 Å². The Kier molecular flexibility index (Phi) is 4.70. The molecule has 0 saturated carbocycles. The van der Waals surface area contributed by atoms with Gasteiger partial charge in [0, 0.05) is 23.8 Å². The lowest BCUT2D eigenvalue weighted by molar-refractivity contribution is 0.341. The first-order chi connectivity index (χ1) is 10.2. The fraction of sp³-hybridized carbons (Fsp3) is 0.625. The van der Waals surface area contributed by atoms with Crippen LogP contribution >= 0.6 is 11.3 Å². The molecule has 5 heteroatoms. The molecule has 4 nitrogen and oxygen atoms in total. The van der Waals surface area contributed by atoms with Gasteiger partial charge < -0.3 is 9.88 Å². The molecule has 0 amide bonds. The molecule has 3 heterocycles. The lowest BCUT2D eigenvalue weighted by atomic mass is 9.98. The second-order valence-electron chi connectivity index (χ2n) is 6.18. The molecule has 0 aromatic carbocycles. The van der Waals surface area contributed by atoms with E-state index in [9.17, 15) is 0 Å². The van der Waals surface area contributed by atoms with Gasteiger partial charge in [-0.2, -0.15) is 0 Å². The Labute approximate surface area is 130 Å². The third kappa shape index (κ3) is 3.52. The number of nitrogens with zero attached hydrogens (tertiary/aromatic N) is 3. The van der Waals surface area contributed by atoms with Gasteiger partial charge >= 0.3 is 0 Å². The minimum atomic E-state index is 0.455. The molecule has 2 aromatic rings. The van der Waals surface area contributed by atoms with Gasteiger partial charge in [0.2, 0.25) is 0 Å². The molecule has 1 unspecified atom stereocenters. The predicted octanol–water partition coefficient (Wildman–Crippen LogP) is 2.86. The second kappa shape index (κ2) is 6.71. The highest BCUT2D eigenvalue weighted by atomic mass is 32.1. The fourth-order valence-corrected chi connectivity index (χ4v) is 3.69. The van der Waals surface area contributed by atoms with Crippen LogP contribution in [-0.4, -0.2) is 27.9 Å². The van der Waals surface area contributed by atoms with Crippen LogP contribution in [0.3, 0.4) is 0 Å². The van der Waals surface area contributed by atoms with Gasteiger partial charge in [0.05, 0.1) is 0 Å². The van der Waals surface area contributed by atoms with Crippen molar-refractivity contribution in [2.45, 2.75) is 45.6 Å². The number of nitrogens with one attached hydrogen (secondary N) is 1. The van der Waals surface area contributed by atoms with Crippen LogP contribution < -0.4 is 5.32 Å². The summed E-state index contributed by atoms with van der Waals surface area (Å²) in [5, 5.41) is 14.5. The standard InChI is InChI=1S/C16H24N4S/c1-12(2)16-19-18-15-6-5-13(11-20(15)16)10-17-8-7-14-4-3-9-21-14/h3-4,9,12-13,17H,5-8,10-11H2,1-2H3. The van der Waals surface area contributed by atoms with Crippen molar-refractivity contribution in [3.05, 3.63) is 34.0 Å². The molecular weight excluding hydrogens is 280 g/mol. The van der Waals surface area contributed by atoms with Crippen LogP contribution in [-0.2, 0) is 19.4 Å². The normalized spacial score (nSPS) is 18.1. The maximum absolute atomic E-state index is 4.36. The van der Waals surface area contributed by atoms with Gasteiger partial charge in [0.25, 0.3) is 0 Å². The molecule has 3 rings (SSSR count). The van der Waals surface area contributed by atoms with E-state index in [0.29, 0.717) is 11.8 Å². The quantitative estimate of drug-likeness (QED) is 0.835. The second-order valence-corrected chi connectivity index (χ2v) is 7.21. The van der Waals surface area contributed by atoms with Gasteiger partial charge in [-0.05, 0) is 43.3 Å². The zero-order chi connectivity index (χ0) is 14.7. The number of hydrogen-bond acceptors (Lipinski definition) is 4. The van der Waals surface area contributed by atoms with E-state index in [1.54, 1.807) is 0 Å². The maximum Gasteiger partial charge on any atom is 0.135 e.